The van der Waals surface area contributed by atoms with Gasteiger partial charge in [-0.3, -0.25) is 4.79 Å². The van der Waals surface area contributed by atoms with E-state index in [1.165, 1.54) is 6.07 Å². The van der Waals surface area contributed by atoms with E-state index in [4.69, 9.17) is 4.74 Å². The Balaban J connectivity index is 1.91. The van der Waals surface area contributed by atoms with Gasteiger partial charge in [-0.2, -0.15) is 0 Å². The molecule has 7 heteroatoms. The lowest BCUT2D eigenvalue weighted by molar-refractivity contribution is 0.0943. The molecule has 134 valence electrons. The van der Waals surface area contributed by atoms with Crippen molar-refractivity contribution in [3.05, 3.63) is 53.2 Å². The van der Waals surface area contributed by atoms with Crippen molar-refractivity contribution in [2.24, 2.45) is 0 Å². The smallest absolute Gasteiger partial charge is 0.270 e. The van der Waals surface area contributed by atoms with E-state index in [2.05, 4.69) is 20.6 Å². The molecule has 25 heavy (non-hydrogen) atoms. The first kappa shape index (κ1) is 18.8. The summed E-state index contributed by atoms with van der Waals surface area (Å²) in [6.45, 7) is 3.34. The van der Waals surface area contributed by atoms with Crippen LogP contribution in [0.5, 0.6) is 0 Å². The van der Waals surface area contributed by atoms with Crippen molar-refractivity contribution in [2.45, 2.75) is 19.8 Å². The lowest BCUT2D eigenvalue weighted by Gasteiger charge is -2.09. The molecule has 0 unspecified atom stereocenters. The lowest BCUT2D eigenvalue weighted by atomic mass is 10.1. The van der Waals surface area contributed by atoms with Crippen molar-refractivity contribution < 1.29 is 13.9 Å². The van der Waals surface area contributed by atoms with Crippen molar-refractivity contribution in [1.82, 2.24) is 15.3 Å². The highest BCUT2D eigenvalue weighted by Gasteiger charge is 2.10. The molecule has 0 bridgehead atoms. The molecule has 6 nitrogen and oxygen atoms in total. The second kappa shape index (κ2) is 9.68. The molecular weight excluding hydrogens is 323 g/mol. The van der Waals surface area contributed by atoms with Crippen LogP contribution in [0, 0.1) is 12.7 Å². The van der Waals surface area contributed by atoms with Crippen molar-refractivity contribution in [3.8, 4) is 0 Å². The fraction of sp³-hybridized carbons (Fsp3) is 0.389. The number of hydrogen-bond donors (Lipinski definition) is 2. The Kier molecular flexibility index (Phi) is 7.28. The third-order valence-corrected chi connectivity index (χ3v) is 3.54. The van der Waals surface area contributed by atoms with E-state index in [9.17, 15) is 9.18 Å². The van der Waals surface area contributed by atoms with Gasteiger partial charge in [-0.1, -0.05) is 18.2 Å². The van der Waals surface area contributed by atoms with E-state index in [1.807, 2.05) is 0 Å². The molecule has 0 atom stereocenters. The maximum Gasteiger partial charge on any atom is 0.270 e. The highest BCUT2D eigenvalue weighted by molar-refractivity contribution is 5.92. The summed E-state index contributed by atoms with van der Waals surface area (Å²) < 4.78 is 18.6. The van der Waals surface area contributed by atoms with Crippen LogP contribution >= 0.6 is 0 Å². The van der Waals surface area contributed by atoms with Crippen LogP contribution < -0.4 is 10.6 Å². The Morgan fingerprint density at radius 1 is 1.24 bits per heavy atom. The molecule has 0 spiro atoms. The number of carbonyl (C=O) groups excluding carboxylic acids is 1. The van der Waals surface area contributed by atoms with E-state index >= 15 is 0 Å². The van der Waals surface area contributed by atoms with Gasteiger partial charge in [0, 0.05) is 32.9 Å². The average molecular weight is 346 g/mol. The van der Waals surface area contributed by atoms with Gasteiger partial charge in [-0.25, -0.2) is 14.4 Å². The van der Waals surface area contributed by atoms with Crippen LogP contribution in [-0.2, 0) is 11.2 Å². The number of methoxy groups -OCH3 is 1. The van der Waals surface area contributed by atoms with Gasteiger partial charge < -0.3 is 15.4 Å². The molecule has 1 aromatic heterocycles. The summed E-state index contributed by atoms with van der Waals surface area (Å²) in [4.78, 5) is 20.6. The first-order valence-corrected chi connectivity index (χ1v) is 8.20. The quantitative estimate of drug-likeness (QED) is 0.682. The van der Waals surface area contributed by atoms with Crippen LogP contribution in [0.3, 0.4) is 0 Å². The number of aromatic nitrogens is 2. The Labute approximate surface area is 146 Å². The van der Waals surface area contributed by atoms with Crippen LogP contribution in [-0.4, -0.2) is 42.7 Å². The molecular formula is C18H23FN4O2. The molecule has 0 fully saturated rings. The largest absolute Gasteiger partial charge is 0.385 e. The standard InChI is InChI=1S/C18H23FN4O2/c1-13-22-16(18(24)21-9-5-11-25-2)12-17(23-13)20-10-8-14-6-3-4-7-15(14)19/h3-4,6-7,12H,5,8-11H2,1-2H3,(H,21,24)(H,20,22,23). The molecule has 1 heterocycles. The summed E-state index contributed by atoms with van der Waals surface area (Å²) in [6.07, 6.45) is 1.26. The molecule has 0 aliphatic heterocycles. The van der Waals surface area contributed by atoms with E-state index in [0.29, 0.717) is 49.0 Å². The Bertz CT molecular complexity index is 709. The molecule has 1 aromatic carbocycles. The number of nitrogens with zero attached hydrogens (tertiary/aromatic N) is 2. The van der Waals surface area contributed by atoms with E-state index < -0.39 is 0 Å². The molecule has 0 radical (unpaired) electrons. The average Bonchev–Trinajstić information content (AvgIpc) is 2.60. The number of anilines is 1. The summed E-state index contributed by atoms with van der Waals surface area (Å²) >= 11 is 0. The Hall–Kier alpha value is -2.54. The first-order valence-electron chi connectivity index (χ1n) is 8.20. The third kappa shape index (κ3) is 6.11. The van der Waals surface area contributed by atoms with Crippen LogP contribution in [0.25, 0.3) is 0 Å². The number of hydrogen-bond acceptors (Lipinski definition) is 5. The van der Waals surface area contributed by atoms with Gasteiger partial charge in [0.15, 0.2) is 0 Å². The van der Waals surface area contributed by atoms with Crippen molar-refractivity contribution in [2.75, 3.05) is 32.1 Å². The van der Waals surface area contributed by atoms with Crippen LogP contribution in [0.1, 0.15) is 28.3 Å². The minimum absolute atomic E-state index is 0.223. The van der Waals surface area contributed by atoms with Gasteiger partial charge in [-0.05, 0) is 31.4 Å². The highest BCUT2D eigenvalue weighted by atomic mass is 19.1. The van der Waals surface area contributed by atoms with Gasteiger partial charge in [0.2, 0.25) is 0 Å². The normalized spacial score (nSPS) is 10.5. The summed E-state index contributed by atoms with van der Waals surface area (Å²) in [5, 5.41) is 5.91. The molecule has 0 aliphatic rings. The summed E-state index contributed by atoms with van der Waals surface area (Å²) in [5.41, 5.74) is 0.940. The van der Waals surface area contributed by atoms with Gasteiger partial charge in [0.25, 0.3) is 5.91 Å². The number of carbonyl (C=O) groups is 1. The van der Waals surface area contributed by atoms with Crippen molar-refractivity contribution in [1.29, 1.82) is 0 Å². The number of ether oxygens (including phenoxy) is 1. The second-order valence-electron chi connectivity index (χ2n) is 5.56. The first-order chi connectivity index (χ1) is 12.1. The maximum atomic E-state index is 13.6. The number of halogens is 1. The predicted octanol–water partition coefficient (Wildman–Crippen LogP) is 2.35. The maximum absolute atomic E-state index is 13.6. The Morgan fingerprint density at radius 3 is 2.80 bits per heavy atom. The van der Waals surface area contributed by atoms with Gasteiger partial charge >= 0.3 is 0 Å². The Morgan fingerprint density at radius 2 is 2.04 bits per heavy atom. The molecule has 2 aromatic rings. The van der Waals surface area contributed by atoms with Crippen LogP contribution in [0.4, 0.5) is 10.2 Å². The summed E-state index contributed by atoms with van der Waals surface area (Å²) in [6, 6.07) is 8.26. The van der Waals surface area contributed by atoms with Gasteiger partial charge in [0.05, 0.1) is 0 Å². The molecule has 2 N–H and O–H groups in total. The number of nitrogens with one attached hydrogen (secondary N) is 2. The summed E-state index contributed by atoms with van der Waals surface area (Å²) in [5.74, 6) is 0.571. The zero-order chi connectivity index (χ0) is 18.1. The number of rotatable bonds is 9. The minimum atomic E-state index is -0.251. The van der Waals surface area contributed by atoms with E-state index in [-0.39, 0.29) is 11.7 Å². The molecule has 2 rings (SSSR count). The SMILES string of the molecule is COCCCNC(=O)c1cc(NCCc2ccccc2F)nc(C)n1. The summed E-state index contributed by atoms with van der Waals surface area (Å²) in [7, 11) is 1.62. The highest BCUT2D eigenvalue weighted by Crippen LogP contribution is 2.10. The van der Waals surface area contributed by atoms with Crippen LogP contribution in [0.2, 0.25) is 0 Å². The number of aryl methyl sites for hydroxylation is 1. The fourth-order valence-electron chi connectivity index (χ4n) is 2.31. The number of amides is 1. The predicted molar refractivity (Wildman–Crippen MR) is 94.2 cm³/mol. The number of benzene rings is 1. The molecule has 1 amide bonds. The van der Waals surface area contributed by atoms with E-state index in [1.54, 1.807) is 38.3 Å². The second-order valence-corrected chi connectivity index (χ2v) is 5.56. The topological polar surface area (TPSA) is 76.1 Å². The van der Waals surface area contributed by atoms with Crippen molar-refractivity contribution >= 4 is 11.7 Å². The lowest BCUT2D eigenvalue weighted by Crippen LogP contribution is -2.26. The third-order valence-electron chi connectivity index (χ3n) is 3.54. The van der Waals surface area contributed by atoms with Gasteiger partial charge in [0.1, 0.15) is 23.2 Å². The van der Waals surface area contributed by atoms with Gasteiger partial charge in [-0.15, -0.1) is 0 Å². The fourth-order valence-corrected chi connectivity index (χ4v) is 2.31. The minimum Gasteiger partial charge on any atom is -0.385 e. The monoisotopic (exact) mass is 346 g/mol. The zero-order valence-corrected chi connectivity index (χ0v) is 14.5. The van der Waals surface area contributed by atoms with Crippen molar-refractivity contribution in [3.63, 3.8) is 0 Å². The zero-order valence-electron chi connectivity index (χ0n) is 14.5. The molecule has 0 saturated heterocycles. The molecule has 0 aliphatic carbocycles. The van der Waals surface area contributed by atoms with E-state index in [0.717, 1.165) is 6.42 Å². The van der Waals surface area contributed by atoms with Crippen LogP contribution in [0.15, 0.2) is 30.3 Å². The molecule has 0 saturated carbocycles.